The van der Waals surface area contributed by atoms with Crippen LogP contribution < -0.4 is 11.6 Å². The zero-order valence-corrected chi connectivity index (χ0v) is 21.9. The maximum Gasteiger partial charge on any atom is 0.519 e. The van der Waals surface area contributed by atoms with Gasteiger partial charge in [0.05, 0.1) is 13.0 Å². The molecule has 0 saturated heterocycles. The van der Waals surface area contributed by atoms with Crippen LogP contribution in [-0.4, -0.2) is 43.2 Å². The molecule has 2 atom stereocenters. The van der Waals surface area contributed by atoms with Crippen molar-refractivity contribution in [1.29, 1.82) is 0 Å². The Morgan fingerprint density at radius 3 is 2.13 bits per heavy atom. The number of hydrogen-bond donors (Lipinski definition) is 1. The van der Waals surface area contributed by atoms with E-state index in [2.05, 4.69) is 0 Å². The van der Waals surface area contributed by atoms with E-state index in [4.69, 9.17) is 41.1 Å². The molecule has 0 fully saturated rings. The fourth-order valence-electron chi connectivity index (χ4n) is 2.83. The summed E-state index contributed by atoms with van der Waals surface area (Å²) in [6.07, 6.45) is -0.649. The van der Waals surface area contributed by atoms with E-state index in [9.17, 15) is 28.9 Å². The Balaban J connectivity index is 2.01. The highest BCUT2D eigenvalue weighted by Crippen LogP contribution is 2.37. The number of carbonyl (C=O) groups is 3. The van der Waals surface area contributed by atoms with Crippen molar-refractivity contribution in [1.82, 2.24) is 0 Å². The number of methoxy groups -OCH3 is 1. The predicted molar refractivity (Wildman–Crippen MR) is 123 cm³/mol. The first-order chi connectivity index (χ1) is 18.0. The normalized spacial score (nSPS) is 13.3. The molecule has 0 aliphatic carbocycles. The Hall–Kier alpha value is -3.68. The SMILES string of the molecule is CO/C(C)=C(/COC(=O)CCC(CP(O)OCc1oc(=O)oc1C)C(=O)OCc1oc(=O)oc1C)OC=O. The van der Waals surface area contributed by atoms with Crippen LogP contribution in [0.1, 0.15) is 42.8 Å². The van der Waals surface area contributed by atoms with Gasteiger partial charge >= 0.3 is 23.6 Å². The molecular weight excluding hydrogens is 535 g/mol. The number of aryl methyl sites for hydroxylation is 2. The minimum absolute atomic E-state index is 0.00232. The fraction of sp³-hybridized carbons (Fsp3) is 0.500. The molecule has 0 spiro atoms. The molecule has 0 aromatic carbocycles. The van der Waals surface area contributed by atoms with Crippen LogP contribution in [0.25, 0.3) is 0 Å². The van der Waals surface area contributed by atoms with Crippen LogP contribution in [0.2, 0.25) is 0 Å². The topological polar surface area (TPSA) is 204 Å². The molecule has 0 bridgehead atoms. The van der Waals surface area contributed by atoms with Crippen LogP contribution in [0.4, 0.5) is 0 Å². The summed E-state index contributed by atoms with van der Waals surface area (Å²) in [6, 6.07) is 0. The van der Waals surface area contributed by atoms with Crippen LogP contribution >= 0.6 is 8.38 Å². The van der Waals surface area contributed by atoms with E-state index in [-0.39, 0.29) is 66.6 Å². The molecule has 16 heteroatoms. The maximum absolute atomic E-state index is 12.8. The van der Waals surface area contributed by atoms with Crippen molar-refractivity contribution in [3.8, 4) is 0 Å². The van der Waals surface area contributed by atoms with Gasteiger partial charge in [-0.3, -0.25) is 14.4 Å². The Labute approximate surface area is 216 Å². The molecule has 0 radical (unpaired) electrons. The number of rotatable bonds is 16. The van der Waals surface area contributed by atoms with Gasteiger partial charge in [-0.1, -0.05) is 0 Å². The van der Waals surface area contributed by atoms with Gasteiger partial charge in [0.15, 0.2) is 44.6 Å². The largest absolute Gasteiger partial charge is 0.519 e. The van der Waals surface area contributed by atoms with E-state index in [1.165, 1.54) is 27.9 Å². The van der Waals surface area contributed by atoms with Crippen molar-refractivity contribution in [3.05, 3.63) is 55.8 Å². The summed E-state index contributed by atoms with van der Waals surface area (Å²) in [5, 5.41) is 0. The van der Waals surface area contributed by atoms with Crippen molar-refractivity contribution in [2.24, 2.45) is 5.92 Å². The minimum Gasteiger partial charge on any atom is -0.498 e. The van der Waals surface area contributed by atoms with E-state index < -0.39 is 51.1 Å². The lowest BCUT2D eigenvalue weighted by atomic mass is 10.1. The Bertz CT molecular complexity index is 1230. The molecule has 2 unspecified atom stereocenters. The van der Waals surface area contributed by atoms with E-state index in [0.29, 0.717) is 0 Å². The number of esters is 2. The van der Waals surface area contributed by atoms with E-state index in [0.717, 1.165) is 0 Å². The zero-order chi connectivity index (χ0) is 28.2. The second kappa shape index (κ2) is 14.9. The van der Waals surface area contributed by atoms with Crippen LogP contribution in [0.5, 0.6) is 0 Å². The molecule has 0 aliphatic heterocycles. The van der Waals surface area contributed by atoms with Crippen LogP contribution in [-0.2, 0) is 51.1 Å². The first-order valence-corrected chi connectivity index (χ1v) is 12.4. The summed E-state index contributed by atoms with van der Waals surface area (Å²) in [5.74, 6) is -3.93. The molecule has 0 amide bonds. The molecule has 2 aromatic heterocycles. The summed E-state index contributed by atoms with van der Waals surface area (Å²) in [7, 11) is -0.901. The fourth-order valence-corrected chi connectivity index (χ4v) is 3.91. The first-order valence-electron chi connectivity index (χ1n) is 11.0. The molecule has 0 saturated carbocycles. The summed E-state index contributed by atoms with van der Waals surface area (Å²) < 4.78 is 44.2. The van der Waals surface area contributed by atoms with Gasteiger partial charge in [0, 0.05) is 12.6 Å². The lowest BCUT2D eigenvalue weighted by Gasteiger charge is -2.18. The Morgan fingerprint density at radius 2 is 1.61 bits per heavy atom. The quantitative estimate of drug-likeness (QED) is 0.102. The molecule has 2 rings (SSSR count). The molecule has 1 N–H and O–H groups in total. The summed E-state index contributed by atoms with van der Waals surface area (Å²) in [4.78, 5) is 68.4. The maximum atomic E-state index is 12.8. The van der Waals surface area contributed by atoms with Crippen molar-refractivity contribution in [2.75, 3.05) is 19.9 Å². The van der Waals surface area contributed by atoms with Crippen molar-refractivity contribution in [3.63, 3.8) is 0 Å². The van der Waals surface area contributed by atoms with Crippen molar-refractivity contribution >= 4 is 26.8 Å². The first kappa shape index (κ1) is 30.5. The van der Waals surface area contributed by atoms with Crippen LogP contribution in [0, 0.1) is 19.8 Å². The number of hydrogen-bond acceptors (Lipinski definition) is 15. The van der Waals surface area contributed by atoms with E-state index in [1.54, 1.807) is 0 Å². The number of carbonyl (C=O) groups excluding carboxylic acids is 3. The zero-order valence-electron chi connectivity index (χ0n) is 21.0. The van der Waals surface area contributed by atoms with E-state index in [1.807, 2.05) is 0 Å². The van der Waals surface area contributed by atoms with Crippen LogP contribution in [0.3, 0.4) is 0 Å². The highest BCUT2D eigenvalue weighted by Gasteiger charge is 2.27. The van der Waals surface area contributed by atoms with Gasteiger partial charge in [0.25, 0.3) is 6.47 Å². The van der Waals surface area contributed by atoms with Gasteiger partial charge in [0.1, 0.15) is 18.1 Å². The smallest absolute Gasteiger partial charge is 0.498 e. The van der Waals surface area contributed by atoms with Crippen LogP contribution in [0.15, 0.2) is 38.8 Å². The summed E-state index contributed by atoms with van der Waals surface area (Å²) in [6.45, 7) is 3.46. The van der Waals surface area contributed by atoms with Gasteiger partial charge in [-0.2, -0.15) is 0 Å². The van der Waals surface area contributed by atoms with Gasteiger partial charge in [0.2, 0.25) is 0 Å². The standard InChI is InChI=1S/C22H27O15P/c1-12(29-4)16(32-11-23)7-30-19(24)6-5-15(20(25)31-8-17-13(2)34-21(26)36-17)10-38(28)33-9-18-14(3)35-22(27)37-18/h11,15,28H,5-10H2,1-4H3/b16-12-. The van der Waals surface area contributed by atoms with Crippen molar-refractivity contribution < 1.29 is 60.4 Å². The van der Waals surface area contributed by atoms with Gasteiger partial charge < -0.3 is 46.0 Å². The second-order valence-electron chi connectivity index (χ2n) is 7.58. The molecule has 210 valence electrons. The summed E-state index contributed by atoms with van der Waals surface area (Å²) >= 11 is 0. The third-order valence-corrected chi connectivity index (χ3v) is 6.20. The molecule has 2 aromatic rings. The minimum atomic E-state index is -2.24. The van der Waals surface area contributed by atoms with Gasteiger partial charge in [-0.05, 0) is 27.2 Å². The Morgan fingerprint density at radius 1 is 1.00 bits per heavy atom. The lowest BCUT2D eigenvalue weighted by Crippen LogP contribution is -2.23. The number of ether oxygens (including phenoxy) is 4. The lowest BCUT2D eigenvalue weighted by molar-refractivity contribution is -0.151. The molecule has 0 aliphatic rings. The molecular formula is C22H27O15P. The number of allylic oxidation sites excluding steroid dienone is 1. The summed E-state index contributed by atoms with van der Waals surface area (Å²) in [5.41, 5.74) is 0. The van der Waals surface area contributed by atoms with E-state index >= 15 is 0 Å². The van der Waals surface area contributed by atoms with Gasteiger partial charge in [-0.15, -0.1) is 0 Å². The second-order valence-corrected chi connectivity index (χ2v) is 8.90. The average Bonchev–Trinajstić information content (AvgIpc) is 3.38. The Kier molecular flexibility index (Phi) is 12.0. The third kappa shape index (κ3) is 9.65. The monoisotopic (exact) mass is 562 g/mol. The third-order valence-electron chi connectivity index (χ3n) is 5.02. The average molecular weight is 562 g/mol. The molecule has 2 heterocycles. The molecule has 15 nitrogen and oxygen atoms in total. The predicted octanol–water partition coefficient (Wildman–Crippen LogP) is 1.95. The highest BCUT2D eigenvalue weighted by atomic mass is 31.2. The molecule has 38 heavy (non-hydrogen) atoms. The van der Waals surface area contributed by atoms with Crippen molar-refractivity contribution in [2.45, 2.75) is 46.8 Å². The van der Waals surface area contributed by atoms with Gasteiger partial charge in [-0.25, -0.2) is 9.59 Å². The highest BCUT2D eigenvalue weighted by molar-refractivity contribution is 7.46.